The average Bonchev–Trinajstić information content (AvgIpc) is 2.98. The number of halogens is 7. The molecule has 2 aromatic carbocycles. The molecule has 4 rings (SSSR count). The Kier molecular flexibility index (Phi) is 9.82. The lowest BCUT2D eigenvalue weighted by Gasteiger charge is -2.64. The summed E-state index contributed by atoms with van der Waals surface area (Å²) in [5.74, 6) is -14.5. The summed E-state index contributed by atoms with van der Waals surface area (Å²) in [6, 6.07) is -3.40. The van der Waals surface area contributed by atoms with E-state index in [0.29, 0.717) is 32.2 Å². The number of piperazine rings is 1. The lowest BCUT2D eigenvalue weighted by Crippen LogP contribution is -2.91. The smallest absolute Gasteiger partial charge is 0.367 e. The van der Waals surface area contributed by atoms with Crippen molar-refractivity contribution in [1.82, 2.24) is 19.6 Å². The Morgan fingerprint density at radius 2 is 1.27 bits per heavy atom. The van der Waals surface area contributed by atoms with Gasteiger partial charge in [-0.1, -0.05) is 6.07 Å². The standard InChI is InChI=1S/C30H35F7N4O10/c1-15-11-20(31)5-6-21(15)25(45)26(46,47)22(40-9-7-39(8-10-40)16(2)42)27(48,49)30(50,51)41(25)23(43)38(4)24(3,44)17-12-18(28(32,33)34)14-19(13-17)29(35,36)37/h5-6,11-14,22,44-51H,7-10H2,1-4H3. The van der Waals surface area contributed by atoms with Gasteiger partial charge in [0.05, 0.1) is 11.1 Å². The van der Waals surface area contributed by atoms with Gasteiger partial charge >= 0.3 is 24.3 Å². The zero-order valence-corrected chi connectivity index (χ0v) is 27.2. The van der Waals surface area contributed by atoms with Crippen LogP contribution >= 0.6 is 0 Å². The number of hydrogen-bond acceptors (Lipinski definition) is 11. The Balaban J connectivity index is 1.96. The molecule has 2 aliphatic heterocycles. The van der Waals surface area contributed by atoms with Crippen LogP contribution in [0.25, 0.3) is 0 Å². The van der Waals surface area contributed by atoms with Crippen LogP contribution in [-0.2, 0) is 28.6 Å². The lowest BCUT2D eigenvalue weighted by atomic mass is 9.74. The van der Waals surface area contributed by atoms with Crippen molar-refractivity contribution >= 4 is 11.9 Å². The third kappa shape index (κ3) is 6.39. The molecule has 0 saturated carbocycles. The third-order valence-corrected chi connectivity index (χ3v) is 9.36. The number of benzene rings is 2. The first-order valence-electron chi connectivity index (χ1n) is 14.9. The van der Waals surface area contributed by atoms with Gasteiger partial charge in [0.25, 0.3) is 5.79 Å². The number of nitrogens with zero attached hydrogens (tertiary/aromatic N) is 4. The van der Waals surface area contributed by atoms with E-state index >= 15 is 0 Å². The zero-order valence-electron chi connectivity index (χ0n) is 27.2. The van der Waals surface area contributed by atoms with E-state index in [0.717, 1.165) is 11.8 Å². The summed E-state index contributed by atoms with van der Waals surface area (Å²) in [6.07, 6.45) is -10.9. The Bertz CT molecular complexity index is 1660. The van der Waals surface area contributed by atoms with Crippen molar-refractivity contribution in [1.29, 1.82) is 0 Å². The number of aliphatic hydroxyl groups is 8. The van der Waals surface area contributed by atoms with E-state index in [2.05, 4.69) is 0 Å². The number of alkyl halides is 6. The highest BCUT2D eigenvalue weighted by molar-refractivity contribution is 5.78. The second kappa shape index (κ2) is 12.5. The second-order valence-corrected chi connectivity index (χ2v) is 12.7. The van der Waals surface area contributed by atoms with Crippen LogP contribution in [0.2, 0.25) is 0 Å². The van der Waals surface area contributed by atoms with E-state index in [4.69, 9.17) is 0 Å². The summed E-state index contributed by atoms with van der Waals surface area (Å²) in [6.45, 7) is 1.42. The molecule has 3 amide bonds. The number of hydrogen-bond donors (Lipinski definition) is 8. The number of rotatable bonds is 4. The van der Waals surface area contributed by atoms with Gasteiger partial charge in [0.2, 0.25) is 17.4 Å². The molecule has 3 atom stereocenters. The molecule has 2 aromatic rings. The van der Waals surface area contributed by atoms with Gasteiger partial charge in [-0.05, 0) is 49.7 Å². The van der Waals surface area contributed by atoms with E-state index < -0.39 is 111 Å². The molecule has 21 heteroatoms. The van der Waals surface area contributed by atoms with Gasteiger partial charge in [0.1, 0.15) is 11.9 Å². The van der Waals surface area contributed by atoms with Crippen LogP contribution in [0.15, 0.2) is 36.4 Å². The molecule has 284 valence electrons. The van der Waals surface area contributed by atoms with Gasteiger partial charge in [-0.15, -0.1) is 0 Å². The first-order valence-corrected chi connectivity index (χ1v) is 14.9. The molecule has 8 N–H and O–H groups in total. The SMILES string of the molecule is CC(=O)N1CCN(C2C(O)(O)C(O)(O)N(C(=O)N(C)C(C)(O)c3cc(C(F)(F)F)cc(C(F)(F)F)c3)C(O)(c3ccc(F)cc3C)C2(O)O)CC1. The fourth-order valence-corrected chi connectivity index (χ4v) is 6.38. The molecular weight excluding hydrogens is 709 g/mol. The van der Waals surface area contributed by atoms with Crippen molar-refractivity contribution in [2.24, 2.45) is 0 Å². The van der Waals surface area contributed by atoms with Crippen molar-refractivity contribution in [3.8, 4) is 0 Å². The predicted octanol–water partition coefficient (Wildman–Crippen LogP) is 0.0823. The summed E-state index contributed by atoms with van der Waals surface area (Å²) >= 11 is 0. The largest absolute Gasteiger partial charge is 0.416 e. The minimum Gasteiger partial charge on any atom is -0.367 e. The Morgan fingerprint density at radius 3 is 1.71 bits per heavy atom. The molecule has 0 aromatic heterocycles. The number of amides is 3. The van der Waals surface area contributed by atoms with E-state index in [-0.39, 0.29) is 36.2 Å². The topological polar surface area (TPSA) is 209 Å². The molecule has 0 bridgehead atoms. The van der Waals surface area contributed by atoms with Gasteiger partial charge in [-0.2, -0.15) is 26.3 Å². The van der Waals surface area contributed by atoms with Crippen LogP contribution in [0.4, 0.5) is 35.5 Å². The first kappa shape index (κ1) is 40.1. The fourth-order valence-electron chi connectivity index (χ4n) is 6.38. The Hall–Kier alpha value is -3.67. The molecule has 2 aliphatic rings. The lowest BCUT2D eigenvalue weighted by molar-refractivity contribution is -0.525. The van der Waals surface area contributed by atoms with Crippen LogP contribution in [0, 0.1) is 12.7 Å². The van der Waals surface area contributed by atoms with E-state index in [1.165, 1.54) is 11.8 Å². The average molecular weight is 745 g/mol. The fraction of sp³-hybridized carbons (Fsp3) is 0.533. The number of likely N-dealkylation sites (tertiary alicyclic amines) is 1. The van der Waals surface area contributed by atoms with Crippen LogP contribution in [-0.4, -0.2) is 129 Å². The molecule has 2 saturated heterocycles. The normalized spacial score (nSPS) is 25.0. The summed E-state index contributed by atoms with van der Waals surface area (Å²) < 4.78 is 96.2. The summed E-state index contributed by atoms with van der Waals surface area (Å²) in [5, 5.41) is 92.8. The maximum Gasteiger partial charge on any atom is 0.416 e. The van der Waals surface area contributed by atoms with Crippen LogP contribution < -0.4 is 0 Å². The van der Waals surface area contributed by atoms with Crippen LogP contribution in [0.5, 0.6) is 0 Å². The van der Waals surface area contributed by atoms with Crippen molar-refractivity contribution in [3.63, 3.8) is 0 Å². The van der Waals surface area contributed by atoms with E-state index in [9.17, 15) is 81.2 Å². The van der Waals surface area contributed by atoms with Crippen molar-refractivity contribution < 1.29 is 81.2 Å². The highest BCUT2D eigenvalue weighted by atomic mass is 19.4. The van der Waals surface area contributed by atoms with Gasteiger partial charge in [0, 0.05) is 51.3 Å². The summed E-state index contributed by atoms with van der Waals surface area (Å²) in [7, 11) is 0.476. The van der Waals surface area contributed by atoms with E-state index in [1.807, 2.05) is 0 Å². The predicted molar refractivity (Wildman–Crippen MR) is 155 cm³/mol. The summed E-state index contributed by atoms with van der Waals surface area (Å²) in [5.41, 5.74) is -13.9. The van der Waals surface area contributed by atoms with Crippen LogP contribution in [0.3, 0.4) is 0 Å². The molecule has 0 spiro atoms. The first-order chi connectivity index (χ1) is 22.9. The van der Waals surface area contributed by atoms with Crippen molar-refractivity contribution in [2.45, 2.75) is 68.1 Å². The highest BCUT2D eigenvalue weighted by Gasteiger charge is 2.80. The molecule has 0 aliphatic carbocycles. The Labute approximate surface area is 284 Å². The van der Waals surface area contributed by atoms with Gasteiger partial charge in [-0.3, -0.25) is 14.6 Å². The highest BCUT2D eigenvalue weighted by Crippen LogP contribution is 2.53. The van der Waals surface area contributed by atoms with Crippen molar-refractivity contribution in [2.75, 3.05) is 33.2 Å². The maximum atomic E-state index is 14.2. The number of piperidine rings is 1. The molecule has 2 fully saturated rings. The van der Waals surface area contributed by atoms with Crippen LogP contribution in [0.1, 0.15) is 41.7 Å². The van der Waals surface area contributed by atoms with Crippen molar-refractivity contribution in [3.05, 3.63) is 70.0 Å². The maximum absolute atomic E-state index is 14.2. The number of aryl methyl sites for hydroxylation is 1. The number of urea groups is 1. The number of carbonyl (C=O) groups is 2. The van der Waals surface area contributed by atoms with Gasteiger partial charge in [0.15, 0.2) is 5.72 Å². The summed E-state index contributed by atoms with van der Waals surface area (Å²) in [4.78, 5) is 27.2. The minimum absolute atomic E-state index is 0.0260. The quantitative estimate of drug-likeness (QED) is 0.155. The molecule has 14 nitrogen and oxygen atoms in total. The Morgan fingerprint density at radius 1 is 0.804 bits per heavy atom. The second-order valence-electron chi connectivity index (χ2n) is 12.7. The molecule has 51 heavy (non-hydrogen) atoms. The number of carbonyl (C=O) groups excluding carboxylic acids is 2. The monoisotopic (exact) mass is 744 g/mol. The molecule has 3 unspecified atom stereocenters. The molecular formula is C30H35F7N4O10. The molecule has 0 radical (unpaired) electrons. The minimum atomic E-state index is -5.43. The van der Waals surface area contributed by atoms with Gasteiger partial charge < -0.3 is 45.8 Å². The van der Waals surface area contributed by atoms with Gasteiger partial charge in [-0.25, -0.2) is 14.1 Å². The third-order valence-electron chi connectivity index (χ3n) is 9.36. The van der Waals surface area contributed by atoms with E-state index in [1.54, 1.807) is 0 Å². The zero-order chi connectivity index (χ0) is 39.1. The molecule has 2 heterocycles.